The Balaban J connectivity index is 1.81. The molecule has 105 valence electrons. The van der Waals surface area contributed by atoms with Crippen molar-refractivity contribution in [1.82, 2.24) is 10.2 Å². The van der Waals surface area contributed by atoms with Gasteiger partial charge in [-0.1, -0.05) is 6.92 Å². The largest absolute Gasteiger partial charge is 0.316 e. The first kappa shape index (κ1) is 14.3. The number of piperidine rings is 2. The summed E-state index contributed by atoms with van der Waals surface area (Å²) in [7, 11) is 0. The van der Waals surface area contributed by atoms with Crippen molar-refractivity contribution in [3.05, 3.63) is 0 Å². The van der Waals surface area contributed by atoms with E-state index in [-0.39, 0.29) is 6.61 Å². The Kier molecular flexibility index (Phi) is 5.93. The van der Waals surface area contributed by atoms with Crippen LogP contribution in [0.2, 0.25) is 0 Å². The maximum Gasteiger partial charge on any atom is 0.0825 e. The predicted octanol–water partition coefficient (Wildman–Crippen LogP) is 2.30. The molecule has 2 unspecified atom stereocenters. The van der Waals surface area contributed by atoms with Crippen LogP contribution in [0.25, 0.3) is 0 Å². The van der Waals surface area contributed by atoms with E-state index in [1.807, 2.05) is 0 Å². The van der Waals surface area contributed by atoms with Gasteiger partial charge in [-0.25, -0.2) is 5.11 Å². The summed E-state index contributed by atoms with van der Waals surface area (Å²) < 4.78 is 0. The van der Waals surface area contributed by atoms with Gasteiger partial charge >= 0.3 is 0 Å². The summed E-state index contributed by atoms with van der Waals surface area (Å²) in [6, 6.07) is 0.769. The van der Waals surface area contributed by atoms with E-state index in [1.165, 1.54) is 58.3 Å². The minimum absolute atomic E-state index is 0.119. The van der Waals surface area contributed by atoms with Crippen LogP contribution < -0.4 is 5.32 Å². The van der Waals surface area contributed by atoms with Crippen molar-refractivity contribution >= 4 is 0 Å². The maximum atomic E-state index is 10.7. The van der Waals surface area contributed by atoms with Gasteiger partial charge in [0.25, 0.3) is 0 Å². The molecule has 3 nitrogen and oxygen atoms in total. The molecule has 0 aromatic rings. The number of hydrogen-bond acceptors (Lipinski definition) is 2. The average molecular weight is 253 g/mol. The Morgan fingerprint density at radius 1 is 1.28 bits per heavy atom. The standard InChI is InChI=1S/C15H29N2O/c1-2-15(14-4-3-8-16-12-14)17-9-5-13(6-10-17)7-11-18/h13-16H,2-12H2,1H3. The summed E-state index contributed by atoms with van der Waals surface area (Å²) in [5, 5.41) is 14.2. The molecular formula is C15H29N2O. The van der Waals surface area contributed by atoms with Crippen molar-refractivity contribution in [2.75, 3.05) is 32.8 Å². The lowest BCUT2D eigenvalue weighted by Gasteiger charge is -2.42. The summed E-state index contributed by atoms with van der Waals surface area (Å²) in [6.45, 7) is 7.31. The summed E-state index contributed by atoms with van der Waals surface area (Å²) in [6.07, 6.45) is 7.41. The third-order valence-corrected chi connectivity index (χ3v) is 4.94. The molecule has 0 amide bonds. The molecule has 1 N–H and O–H groups in total. The Morgan fingerprint density at radius 3 is 2.61 bits per heavy atom. The van der Waals surface area contributed by atoms with Crippen molar-refractivity contribution in [2.45, 2.75) is 51.5 Å². The second-order valence-corrected chi connectivity index (χ2v) is 6.05. The summed E-state index contributed by atoms with van der Waals surface area (Å²) in [5.41, 5.74) is 0. The average Bonchev–Trinajstić information content (AvgIpc) is 2.43. The van der Waals surface area contributed by atoms with Gasteiger partial charge in [-0.15, -0.1) is 0 Å². The second kappa shape index (κ2) is 7.46. The second-order valence-electron chi connectivity index (χ2n) is 6.05. The van der Waals surface area contributed by atoms with Gasteiger partial charge < -0.3 is 10.2 Å². The lowest BCUT2D eigenvalue weighted by Crippen LogP contribution is -2.49. The van der Waals surface area contributed by atoms with Gasteiger partial charge in [-0.2, -0.15) is 0 Å². The van der Waals surface area contributed by atoms with Crippen LogP contribution in [0.4, 0.5) is 0 Å². The minimum atomic E-state index is 0.119. The number of likely N-dealkylation sites (tertiary alicyclic amines) is 1. The zero-order chi connectivity index (χ0) is 12.8. The third kappa shape index (κ3) is 3.69. The first-order valence-corrected chi connectivity index (χ1v) is 7.88. The molecule has 2 saturated heterocycles. The van der Waals surface area contributed by atoms with Crippen molar-refractivity contribution in [2.24, 2.45) is 11.8 Å². The highest BCUT2D eigenvalue weighted by Gasteiger charge is 2.30. The first-order valence-electron chi connectivity index (χ1n) is 7.88. The molecule has 0 aliphatic carbocycles. The van der Waals surface area contributed by atoms with Crippen LogP contribution in [0.3, 0.4) is 0 Å². The Morgan fingerprint density at radius 2 is 2.06 bits per heavy atom. The van der Waals surface area contributed by atoms with Crippen LogP contribution in [0.15, 0.2) is 0 Å². The number of nitrogens with one attached hydrogen (secondary N) is 1. The molecule has 2 atom stereocenters. The summed E-state index contributed by atoms with van der Waals surface area (Å²) in [4.78, 5) is 2.71. The quantitative estimate of drug-likeness (QED) is 0.816. The maximum absolute atomic E-state index is 10.7. The van der Waals surface area contributed by atoms with E-state index in [0.29, 0.717) is 5.92 Å². The molecule has 0 aromatic carbocycles. The third-order valence-electron chi connectivity index (χ3n) is 4.94. The highest BCUT2D eigenvalue weighted by atomic mass is 16.3. The van der Waals surface area contributed by atoms with Gasteiger partial charge in [0.05, 0.1) is 6.61 Å². The van der Waals surface area contributed by atoms with E-state index in [1.54, 1.807) is 0 Å². The molecule has 2 heterocycles. The molecule has 0 aromatic heterocycles. The van der Waals surface area contributed by atoms with Crippen molar-refractivity contribution in [1.29, 1.82) is 0 Å². The lowest BCUT2D eigenvalue weighted by atomic mass is 9.86. The molecule has 2 rings (SSSR count). The van der Waals surface area contributed by atoms with Crippen LogP contribution in [-0.4, -0.2) is 43.7 Å². The topological polar surface area (TPSA) is 35.2 Å². The molecule has 2 aliphatic heterocycles. The molecule has 3 heteroatoms. The Labute approximate surface area is 112 Å². The molecule has 2 fully saturated rings. The predicted molar refractivity (Wildman–Crippen MR) is 74.1 cm³/mol. The number of nitrogens with zero attached hydrogens (tertiary/aromatic N) is 1. The Bertz CT molecular complexity index is 221. The van der Waals surface area contributed by atoms with Crippen molar-refractivity contribution in [3.63, 3.8) is 0 Å². The van der Waals surface area contributed by atoms with E-state index < -0.39 is 0 Å². The lowest BCUT2D eigenvalue weighted by molar-refractivity contribution is 0.0696. The van der Waals surface area contributed by atoms with Gasteiger partial charge in [0.1, 0.15) is 0 Å². The van der Waals surface area contributed by atoms with E-state index in [9.17, 15) is 5.11 Å². The molecular weight excluding hydrogens is 224 g/mol. The van der Waals surface area contributed by atoms with Gasteiger partial charge in [0.15, 0.2) is 0 Å². The minimum Gasteiger partial charge on any atom is -0.316 e. The molecule has 0 saturated carbocycles. The molecule has 0 spiro atoms. The monoisotopic (exact) mass is 253 g/mol. The van der Waals surface area contributed by atoms with Crippen LogP contribution in [0, 0.1) is 11.8 Å². The van der Waals surface area contributed by atoms with Crippen LogP contribution in [0.5, 0.6) is 0 Å². The van der Waals surface area contributed by atoms with Crippen LogP contribution in [-0.2, 0) is 5.11 Å². The smallest absolute Gasteiger partial charge is 0.0825 e. The van der Waals surface area contributed by atoms with Gasteiger partial charge in [0, 0.05) is 6.04 Å². The fourth-order valence-electron chi connectivity index (χ4n) is 3.84. The van der Waals surface area contributed by atoms with Crippen molar-refractivity contribution in [3.8, 4) is 0 Å². The molecule has 18 heavy (non-hydrogen) atoms. The van der Waals surface area contributed by atoms with Gasteiger partial charge in [-0.05, 0) is 76.5 Å². The SMILES string of the molecule is CCC(C1CCCNC1)N1CCC(CC[O])CC1. The number of rotatable bonds is 5. The summed E-state index contributed by atoms with van der Waals surface area (Å²) in [5.74, 6) is 1.56. The summed E-state index contributed by atoms with van der Waals surface area (Å²) >= 11 is 0. The van der Waals surface area contributed by atoms with Gasteiger partial charge in [-0.3, -0.25) is 0 Å². The van der Waals surface area contributed by atoms with E-state index in [4.69, 9.17) is 0 Å². The molecule has 0 bridgehead atoms. The Hall–Kier alpha value is -0.120. The fraction of sp³-hybridized carbons (Fsp3) is 1.00. The van der Waals surface area contributed by atoms with Crippen LogP contribution in [0.1, 0.15) is 45.4 Å². The number of hydrogen-bond donors (Lipinski definition) is 1. The fourth-order valence-corrected chi connectivity index (χ4v) is 3.84. The molecule has 1 radical (unpaired) electrons. The van der Waals surface area contributed by atoms with E-state index >= 15 is 0 Å². The zero-order valence-electron chi connectivity index (χ0n) is 11.9. The first-order chi connectivity index (χ1) is 8.85. The van der Waals surface area contributed by atoms with E-state index in [0.717, 1.165) is 18.4 Å². The van der Waals surface area contributed by atoms with E-state index in [2.05, 4.69) is 17.1 Å². The van der Waals surface area contributed by atoms with Crippen molar-refractivity contribution < 1.29 is 5.11 Å². The molecule has 2 aliphatic rings. The normalized spacial score (nSPS) is 29.3. The zero-order valence-corrected chi connectivity index (χ0v) is 11.9. The highest BCUT2D eigenvalue weighted by molar-refractivity contribution is 4.85. The van der Waals surface area contributed by atoms with Crippen LogP contribution >= 0.6 is 0 Å². The highest BCUT2D eigenvalue weighted by Crippen LogP contribution is 2.27. The van der Waals surface area contributed by atoms with Gasteiger partial charge in [0.2, 0.25) is 0 Å².